The van der Waals surface area contributed by atoms with Crippen LogP contribution in [0.1, 0.15) is 51.4 Å². The smallest absolute Gasteiger partial charge is 0.133 e. The van der Waals surface area contributed by atoms with Crippen LogP contribution in [-0.4, -0.2) is 18.2 Å². The van der Waals surface area contributed by atoms with Gasteiger partial charge in [0.25, 0.3) is 0 Å². The van der Waals surface area contributed by atoms with Crippen molar-refractivity contribution in [3.63, 3.8) is 0 Å². The lowest BCUT2D eigenvalue weighted by molar-refractivity contribution is 0.139. The minimum absolute atomic E-state index is 0.528. The van der Waals surface area contributed by atoms with Gasteiger partial charge in [-0.05, 0) is 55.7 Å². The Morgan fingerprint density at radius 2 is 2.17 bits per heavy atom. The van der Waals surface area contributed by atoms with Crippen LogP contribution in [0, 0.1) is 11.3 Å². The van der Waals surface area contributed by atoms with E-state index in [9.17, 15) is 5.11 Å². The van der Waals surface area contributed by atoms with Gasteiger partial charge in [-0.2, -0.15) is 0 Å². The summed E-state index contributed by atoms with van der Waals surface area (Å²) in [7, 11) is 0. The van der Waals surface area contributed by atoms with Crippen LogP contribution in [-0.2, 0) is 0 Å². The van der Waals surface area contributed by atoms with E-state index in [-0.39, 0.29) is 0 Å². The van der Waals surface area contributed by atoms with E-state index in [1.54, 1.807) is 6.26 Å². The molecule has 1 aromatic rings. The number of rotatable bonds is 5. The molecule has 0 radical (unpaired) electrons. The molecule has 1 heterocycles. The van der Waals surface area contributed by atoms with Crippen molar-refractivity contribution in [2.45, 2.75) is 45.6 Å². The molecule has 1 fully saturated rings. The highest BCUT2D eigenvalue weighted by atomic mass is 16.4. The van der Waals surface area contributed by atoms with Crippen molar-refractivity contribution >= 4 is 0 Å². The molecular weight excluding hydrogens is 226 g/mol. The lowest BCUT2D eigenvalue weighted by atomic mass is 9.73. The number of furan rings is 1. The summed E-state index contributed by atoms with van der Waals surface area (Å²) < 4.78 is 5.18. The van der Waals surface area contributed by atoms with Gasteiger partial charge < -0.3 is 14.8 Å². The van der Waals surface area contributed by atoms with Gasteiger partial charge in [0, 0.05) is 6.54 Å². The third-order valence-corrected chi connectivity index (χ3v) is 4.10. The molecule has 0 amide bonds. The zero-order chi connectivity index (χ0) is 13.0. The van der Waals surface area contributed by atoms with E-state index < -0.39 is 6.10 Å². The first-order valence-electron chi connectivity index (χ1n) is 6.99. The molecule has 102 valence electrons. The molecule has 2 N–H and O–H groups in total. The largest absolute Gasteiger partial charge is 0.467 e. The molecule has 2 rings (SSSR count). The van der Waals surface area contributed by atoms with E-state index in [4.69, 9.17) is 4.42 Å². The Bertz CT molecular complexity index is 335. The summed E-state index contributed by atoms with van der Waals surface area (Å²) in [5, 5.41) is 13.2. The first-order valence-corrected chi connectivity index (χ1v) is 6.99. The first kappa shape index (κ1) is 13.6. The zero-order valence-corrected chi connectivity index (χ0v) is 11.5. The van der Waals surface area contributed by atoms with Gasteiger partial charge in [0.2, 0.25) is 0 Å². The number of hydrogen-bond acceptors (Lipinski definition) is 3. The van der Waals surface area contributed by atoms with Crippen molar-refractivity contribution in [3.05, 3.63) is 24.2 Å². The Hall–Kier alpha value is -0.800. The van der Waals surface area contributed by atoms with Crippen LogP contribution in [0.5, 0.6) is 0 Å². The number of hydrogen-bond donors (Lipinski definition) is 2. The molecule has 0 bridgehead atoms. The van der Waals surface area contributed by atoms with Crippen molar-refractivity contribution < 1.29 is 9.52 Å². The van der Waals surface area contributed by atoms with E-state index in [1.807, 2.05) is 12.1 Å². The average molecular weight is 251 g/mol. The molecule has 1 atom stereocenters. The van der Waals surface area contributed by atoms with Crippen molar-refractivity contribution in [3.8, 4) is 0 Å². The second-order valence-electron chi connectivity index (χ2n) is 6.30. The molecule has 0 aromatic carbocycles. The topological polar surface area (TPSA) is 45.4 Å². The molecule has 1 unspecified atom stereocenters. The van der Waals surface area contributed by atoms with Crippen LogP contribution in [0.2, 0.25) is 0 Å². The average Bonchev–Trinajstić information content (AvgIpc) is 2.85. The monoisotopic (exact) mass is 251 g/mol. The van der Waals surface area contributed by atoms with Crippen LogP contribution in [0.3, 0.4) is 0 Å². The van der Waals surface area contributed by atoms with Crippen LogP contribution in [0.4, 0.5) is 0 Å². The minimum atomic E-state index is -0.528. The summed E-state index contributed by atoms with van der Waals surface area (Å²) in [6.45, 7) is 6.30. The van der Waals surface area contributed by atoms with Gasteiger partial charge >= 0.3 is 0 Å². The van der Waals surface area contributed by atoms with Gasteiger partial charge in [0.05, 0.1) is 6.26 Å². The molecule has 1 aliphatic carbocycles. The Morgan fingerprint density at radius 1 is 1.44 bits per heavy atom. The highest BCUT2D eigenvalue weighted by molar-refractivity contribution is 5.02. The summed E-state index contributed by atoms with van der Waals surface area (Å²) in [4.78, 5) is 0. The highest BCUT2D eigenvalue weighted by Gasteiger charge is 2.26. The van der Waals surface area contributed by atoms with Crippen LogP contribution in [0.25, 0.3) is 0 Å². The second-order valence-corrected chi connectivity index (χ2v) is 6.30. The Kier molecular flexibility index (Phi) is 4.46. The van der Waals surface area contributed by atoms with Gasteiger partial charge in [-0.25, -0.2) is 0 Å². The van der Waals surface area contributed by atoms with Crippen molar-refractivity contribution in [2.24, 2.45) is 11.3 Å². The van der Waals surface area contributed by atoms with E-state index in [0.29, 0.717) is 17.7 Å². The summed E-state index contributed by atoms with van der Waals surface area (Å²) in [5.74, 6) is 1.41. The fourth-order valence-corrected chi connectivity index (χ4v) is 2.67. The van der Waals surface area contributed by atoms with E-state index in [0.717, 1.165) is 12.5 Å². The molecule has 18 heavy (non-hydrogen) atoms. The van der Waals surface area contributed by atoms with Gasteiger partial charge in [-0.1, -0.05) is 13.8 Å². The van der Waals surface area contributed by atoms with Crippen LogP contribution >= 0.6 is 0 Å². The standard InChI is InChI=1S/C15H25NO2/c1-15(2)7-5-12(6-8-15)10-16-11-13(17)14-4-3-9-18-14/h3-4,9,12-13,16-17H,5-8,10-11H2,1-2H3. The van der Waals surface area contributed by atoms with Crippen LogP contribution in [0.15, 0.2) is 22.8 Å². The first-order chi connectivity index (χ1) is 8.57. The van der Waals surface area contributed by atoms with Crippen molar-refractivity contribution in [2.75, 3.05) is 13.1 Å². The third-order valence-electron chi connectivity index (χ3n) is 4.10. The predicted octanol–water partition coefficient (Wildman–Crippen LogP) is 3.12. The predicted molar refractivity (Wildman–Crippen MR) is 72.3 cm³/mol. The molecule has 0 aliphatic heterocycles. The summed E-state index contributed by atoms with van der Waals surface area (Å²) in [5.41, 5.74) is 0.532. The normalized spacial score (nSPS) is 21.9. The lowest BCUT2D eigenvalue weighted by Crippen LogP contribution is -2.31. The fourth-order valence-electron chi connectivity index (χ4n) is 2.67. The maximum absolute atomic E-state index is 9.87. The molecule has 1 aromatic heterocycles. The SMILES string of the molecule is CC1(C)CCC(CNCC(O)c2ccco2)CC1. The maximum atomic E-state index is 9.87. The van der Waals surface area contributed by atoms with Gasteiger partial charge in [0.15, 0.2) is 0 Å². The number of aliphatic hydroxyl groups is 1. The Labute approximate surface area is 110 Å². The van der Waals surface area contributed by atoms with Crippen molar-refractivity contribution in [1.82, 2.24) is 5.32 Å². The maximum Gasteiger partial charge on any atom is 0.133 e. The quantitative estimate of drug-likeness (QED) is 0.845. The Morgan fingerprint density at radius 3 is 2.78 bits per heavy atom. The third kappa shape index (κ3) is 3.85. The molecule has 3 heteroatoms. The number of aliphatic hydroxyl groups excluding tert-OH is 1. The van der Waals surface area contributed by atoms with E-state index in [2.05, 4.69) is 19.2 Å². The van der Waals surface area contributed by atoms with Gasteiger partial charge in [-0.15, -0.1) is 0 Å². The summed E-state index contributed by atoms with van der Waals surface area (Å²) in [6, 6.07) is 3.62. The van der Waals surface area contributed by atoms with E-state index >= 15 is 0 Å². The molecule has 3 nitrogen and oxygen atoms in total. The van der Waals surface area contributed by atoms with Crippen LogP contribution < -0.4 is 5.32 Å². The lowest BCUT2D eigenvalue weighted by Gasteiger charge is -2.34. The van der Waals surface area contributed by atoms with Gasteiger partial charge in [0.1, 0.15) is 11.9 Å². The fraction of sp³-hybridized carbons (Fsp3) is 0.733. The molecular formula is C15H25NO2. The zero-order valence-electron chi connectivity index (χ0n) is 11.5. The number of nitrogens with one attached hydrogen (secondary N) is 1. The highest BCUT2D eigenvalue weighted by Crippen LogP contribution is 2.37. The minimum Gasteiger partial charge on any atom is -0.467 e. The molecule has 1 saturated carbocycles. The summed E-state index contributed by atoms with van der Waals surface area (Å²) >= 11 is 0. The molecule has 1 aliphatic rings. The molecule has 0 saturated heterocycles. The Balaban J connectivity index is 1.64. The molecule has 0 spiro atoms. The van der Waals surface area contributed by atoms with Crippen molar-refractivity contribution in [1.29, 1.82) is 0 Å². The van der Waals surface area contributed by atoms with Gasteiger partial charge in [-0.3, -0.25) is 0 Å². The van der Waals surface area contributed by atoms with E-state index in [1.165, 1.54) is 25.7 Å². The summed E-state index contributed by atoms with van der Waals surface area (Å²) in [6.07, 6.45) is 6.32. The second kappa shape index (κ2) is 5.89.